The molecule has 2 fully saturated rings. The van der Waals surface area contributed by atoms with Crippen LogP contribution < -0.4 is 10.0 Å². The number of nitrogens with zero attached hydrogens (tertiary/aromatic N) is 2. The van der Waals surface area contributed by atoms with Gasteiger partial charge in [-0.2, -0.15) is 17.6 Å². The van der Waals surface area contributed by atoms with Crippen molar-refractivity contribution >= 4 is 32.2 Å². The number of thiazole rings is 1. The highest BCUT2D eigenvalue weighted by Crippen LogP contribution is 2.42. The second kappa shape index (κ2) is 7.85. The van der Waals surface area contributed by atoms with Gasteiger partial charge in [0.05, 0.1) is 16.7 Å². The molecule has 31 heavy (non-hydrogen) atoms. The van der Waals surface area contributed by atoms with Gasteiger partial charge in [-0.25, -0.2) is 17.8 Å². The molecule has 2 aliphatic rings. The maximum Gasteiger partial charge on any atom is 0.418 e. The quantitative estimate of drug-likeness (QED) is 0.607. The molecule has 2 aliphatic heterocycles. The van der Waals surface area contributed by atoms with Crippen molar-refractivity contribution < 1.29 is 30.4 Å². The summed E-state index contributed by atoms with van der Waals surface area (Å²) >= 11 is 0.415. The molecular formula is C18H19F5N4O2S2. The van der Waals surface area contributed by atoms with Crippen LogP contribution in [0.2, 0.25) is 0 Å². The third-order valence-electron chi connectivity index (χ3n) is 5.67. The third-order valence-corrected chi connectivity index (χ3v) is 7.84. The predicted molar refractivity (Wildman–Crippen MR) is 106 cm³/mol. The molecular weight excluding hydrogens is 463 g/mol. The summed E-state index contributed by atoms with van der Waals surface area (Å²) in [4.78, 5) is 4.84. The van der Waals surface area contributed by atoms with Crippen molar-refractivity contribution in [3.05, 3.63) is 35.1 Å². The molecule has 1 aromatic heterocycles. The fraction of sp³-hybridized carbons (Fsp3) is 0.500. The lowest BCUT2D eigenvalue weighted by Crippen LogP contribution is -2.44. The van der Waals surface area contributed by atoms with Crippen LogP contribution in [-0.2, 0) is 16.2 Å². The van der Waals surface area contributed by atoms with Gasteiger partial charge in [-0.15, -0.1) is 0 Å². The Hall–Kier alpha value is -1.99. The summed E-state index contributed by atoms with van der Waals surface area (Å²) in [5.41, 5.74) is -1.98. The van der Waals surface area contributed by atoms with Crippen LogP contribution >= 0.6 is 11.3 Å². The summed E-state index contributed by atoms with van der Waals surface area (Å²) in [7, 11) is -4.41. The Bertz CT molecular complexity index is 1080. The maximum absolute atomic E-state index is 13.9. The number of halogens is 5. The zero-order chi connectivity index (χ0) is 22.4. The van der Waals surface area contributed by atoms with E-state index in [1.165, 1.54) is 0 Å². The van der Waals surface area contributed by atoms with Crippen LogP contribution in [0.5, 0.6) is 0 Å². The van der Waals surface area contributed by atoms with E-state index in [2.05, 4.69) is 10.3 Å². The predicted octanol–water partition coefficient (Wildman–Crippen LogP) is 4.09. The van der Waals surface area contributed by atoms with Crippen molar-refractivity contribution in [1.29, 1.82) is 0 Å². The van der Waals surface area contributed by atoms with E-state index in [1.807, 2.05) is 9.62 Å². The molecule has 2 atom stereocenters. The van der Waals surface area contributed by atoms with Gasteiger partial charge in [-0.1, -0.05) is 11.3 Å². The first-order chi connectivity index (χ1) is 14.5. The topological polar surface area (TPSA) is 74.3 Å². The fourth-order valence-corrected chi connectivity index (χ4v) is 6.13. The lowest BCUT2D eigenvalue weighted by molar-refractivity contribution is -0.137. The maximum atomic E-state index is 13.9. The summed E-state index contributed by atoms with van der Waals surface area (Å²) in [5.74, 6) is 0. The second-order valence-corrected chi connectivity index (χ2v) is 10.4. The third kappa shape index (κ3) is 4.48. The molecule has 13 heteroatoms. The van der Waals surface area contributed by atoms with E-state index >= 15 is 0 Å². The number of hydrogen-bond acceptors (Lipinski definition) is 6. The van der Waals surface area contributed by atoms with E-state index in [1.54, 1.807) is 0 Å². The van der Waals surface area contributed by atoms with Crippen LogP contribution in [-0.4, -0.2) is 49.6 Å². The Balaban J connectivity index is 1.59. The van der Waals surface area contributed by atoms with Crippen LogP contribution in [0.15, 0.2) is 29.3 Å². The van der Waals surface area contributed by atoms with Gasteiger partial charge in [-0.05, 0) is 44.0 Å². The number of nitrogens with one attached hydrogen (secondary N) is 2. The van der Waals surface area contributed by atoms with Gasteiger partial charge in [0.1, 0.15) is 6.17 Å². The van der Waals surface area contributed by atoms with E-state index in [-0.39, 0.29) is 30.3 Å². The Morgan fingerprint density at radius 1 is 1.32 bits per heavy atom. The molecule has 0 saturated carbocycles. The summed E-state index contributed by atoms with van der Waals surface area (Å²) in [6.45, 7) is 1.10. The minimum Gasteiger partial charge on any atom is -0.383 e. The van der Waals surface area contributed by atoms with Gasteiger partial charge in [-0.3, -0.25) is 9.62 Å². The highest BCUT2D eigenvalue weighted by atomic mass is 32.2. The van der Waals surface area contributed by atoms with E-state index in [9.17, 15) is 30.4 Å². The van der Waals surface area contributed by atoms with Crippen LogP contribution in [0.4, 0.5) is 32.8 Å². The average Bonchev–Trinajstić information content (AvgIpc) is 3.32. The monoisotopic (exact) mass is 482 g/mol. The van der Waals surface area contributed by atoms with Crippen molar-refractivity contribution in [2.24, 2.45) is 0 Å². The van der Waals surface area contributed by atoms with Crippen LogP contribution in [0, 0.1) is 5.13 Å². The molecule has 1 aromatic carbocycles. The number of fused-ring (bicyclic) bond motifs is 1. The van der Waals surface area contributed by atoms with E-state index < -0.39 is 43.5 Å². The summed E-state index contributed by atoms with van der Waals surface area (Å²) in [6, 6.07) is 2.59. The molecule has 0 bridgehead atoms. The zero-order valence-electron chi connectivity index (χ0n) is 16.0. The zero-order valence-corrected chi connectivity index (χ0v) is 17.7. The number of sulfonamides is 1. The molecule has 3 heterocycles. The highest BCUT2D eigenvalue weighted by molar-refractivity contribution is 7.93. The summed E-state index contributed by atoms with van der Waals surface area (Å²) < 4.78 is 94.9. The standard InChI is InChI=1S/C18H19F5N4O2S2/c19-11-7-17(4-1-5-27(17)9-11)10-25-14-3-2-12(6-13(14)18(21,22)23)31(28,29)26-16-24-8-15(20)30-16/h2-3,6,8,11,25H,1,4-5,7,9-10H2,(H,24,26)/t11-,17-/m0/s1. The van der Waals surface area contributed by atoms with Crippen molar-refractivity contribution in [2.75, 3.05) is 29.7 Å². The highest BCUT2D eigenvalue weighted by Gasteiger charge is 2.48. The number of benzene rings is 1. The molecule has 0 amide bonds. The molecule has 2 aromatic rings. The van der Waals surface area contributed by atoms with Crippen molar-refractivity contribution in [3.63, 3.8) is 0 Å². The molecule has 0 spiro atoms. The Morgan fingerprint density at radius 3 is 2.77 bits per heavy atom. The molecule has 6 nitrogen and oxygen atoms in total. The number of aromatic nitrogens is 1. The average molecular weight is 483 g/mol. The molecule has 0 radical (unpaired) electrons. The first-order valence-corrected chi connectivity index (χ1v) is 11.8. The summed E-state index contributed by atoms with van der Waals surface area (Å²) in [5, 5.41) is 1.74. The van der Waals surface area contributed by atoms with Crippen LogP contribution in [0.1, 0.15) is 24.8 Å². The van der Waals surface area contributed by atoms with Gasteiger partial charge in [0.25, 0.3) is 10.0 Å². The van der Waals surface area contributed by atoms with Gasteiger partial charge in [0.15, 0.2) is 10.3 Å². The molecule has 2 N–H and O–H groups in total. The number of anilines is 2. The lowest BCUT2D eigenvalue weighted by atomic mass is 9.93. The minimum absolute atomic E-state index is 0.124. The molecule has 0 unspecified atom stereocenters. The largest absolute Gasteiger partial charge is 0.418 e. The smallest absolute Gasteiger partial charge is 0.383 e. The molecule has 0 aliphatic carbocycles. The van der Waals surface area contributed by atoms with Gasteiger partial charge < -0.3 is 5.32 Å². The fourth-order valence-electron chi connectivity index (χ4n) is 4.31. The molecule has 170 valence electrons. The van der Waals surface area contributed by atoms with Crippen molar-refractivity contribution in [2.45, 2.75) is 42.0 Å². The van der Waals surface area contributed by atoms with Gasteiger partial charge >= 0.3 is 6.18 Å². The normalized spacial score (nSPS) is 24.4. The number of rotatable bonds is 6. The second-order valence-electron chi connectivity index (χ2n) is 7.71. The van der Waals surface area contributed by atoms with Gasteiger partial charge in [0.2, 0.25) is 0 Å². The van der Waals surface area contributed by atoms with Crippen LogP contribution in [0.25, 0.3) is 0 Å². The van der Waals surface area contributed by atoms with Gasteiger partial charge in [0, 0.05) is 24.3 Å². The number of hydrogen-bond donors (Lipinski definition) is 2. The van der Waals surface area contributed by atoms with E-state index in [0.717, 1.165) is 24.8 Å². The number of alkyl halides is 4. The van der Waals surface area contributed by atoms with Crippen molar-refractivity contribution in [1.82, 2.24) is 9.88 Å². The molecule has 4 rings (SSSR count). The first kappa shape index (κ1) is 22.2. The first-order valence-electron chi connectivity index (χ1n) is 9.47. The minimum atomic E-state index is -4.83. The van der Waals surface area contributed by atoms with Crippen molar-refractivity contribution in [3.8, 4) is 0 Å². The van der Waals surface area contributed by atoms with Crippen LogP contribution in [0.3, 0.4) is 0 Å². The Morgan fingerprint density at radius 2 is 2.10 bits per heavy atom. The summed E-state index contributed by atoms with van der Waals surface area (Å²) in [6.07, 6.45) is -3.26. The lowest BCUT2D eigenvalue weighted by Gasteiger charge is -2.32. The molecule has 2 saturated heterocycles. The van der Waals surface area contributed by atoms with E-state index in [0.29, 0.717) is 30.4 Å². The van der Waals surface area contributed by atoms with E-state index in [4.69, 9.17) is 0 Å². The Labute approximate surface area is 179 Å². The SMILES string of the molecule is O=S(=O)(Nc1ncc(F)s1)c1ccc(NC[C@@]23CCCN2C[C@@H](F)C3)c(C(F)(F)F)c1. The Kier molecular flexibility index (Phi) is 5.63.